The average molecular weight is 173 g/mol. The molecular weight excluding hydrogens is 156 g/mol. The van der Waals surface area contributed by atoms with E-state index in [4.69, 9.17) is 0 Å². The Bertz CT molecular complexity index is 216. The summed E-state index contributed by atoms with van der Waals surface area (Å²) in [5.41, 5.74) is 0. The van der Waals surface area contributed by atoms with Crippen LogP contribution in [0.15, 0.2) is 42.5 Å². The van der Waals surface area contributed by atoms with Crippen LogP contribution in [-0.2, 0) is 0 Å². The molecule has 0 aromatic rings. The molecule has 0 unspecified atom stereocenters. The monoisotopic (exact) mass is 173 g/mol. The molecule has 0 atom stereocenters. The van der Waals surface area contributed by atoms with Gasteiger partial charge in [0.05, 0.1) is 0 Å². The van der Waals surface area contributed by atoms with Gasteiger partial charge < -0.3 is 0 Å². The Labute approximate surface area is 81.4 Å². The second-order valence-corrected chi connectivity index (χ2v) is 3.12. The fraction of sp³-hybridized carbons (Fsp3) is 0.385. The Morgan fingerprint density at radius 2 is 1.54 bits per heavy atom. The van der Waals surface area contributed by atoms with E-state index in [1.54, 1.807) is 0 Å². The maximum Gasteiger partial charge on any atom is -0.0166 e. The maximum absolute atomic E-state index is 3.16. The maximum atomic E-state index is 3.16. The van der Waals surface area contributed by atoms with Crippen LogP contribution in [0.4, 0.5) is 0 Å². The number of allylic oxidation sites excluding steroid dienone is 8. The van der Waals surface area contributed by atoms with E-state index >= 15 is 0 Å². The van der Waals surface area contributed by atoms with Gasteiger partial charge in [-0.15, -0.1) is 0 Å². The van der Waals surface area contributed by atoms with Gasteiger partial charge in [-0.2, -0.15) is 0 Å². The Morgan fingerprint density at radius 1 is 0.769 bits per heavy atom. The van der Waals surface area contributed by atoms with Crippen molar-refractivity contribution >= 4 is 0 Å². The molecule has 13 heavy (non-hydrogen) atoms. The highest BCUT2D eigenvalue weighted by Gasteiger charge is 1.80. The molecule has 0 aromatic carbocycles. The average Bonchev–Trinajstić information content (AvgIpc) is 2.18. The molecule has 0 fully saturated rings. The third-order valence-corrected chi connectivity index (χ3v) is 1.93. The molecule has 1 radical (unpaired) electrons. The van der Waals surface area contributed by atoms with Gasteiger partial charge in [0.25, 0.3) is 0 Å². The SMILES string of the molecule is [C]1=CCCCC=CCC=CCC=C1. The van der Waals surface area contributed by atoms with Gasteiger partial charge in [-0.05, 0) is 38.2 Å². The van der Waals surface area contributed by atoms with Gasteiger partial charge in [0.15, 0.2) is 0 Å². The standard InChI is InChI=1S/C13H17/c1-2-4-6-8-10-12-13-11-9-7-5-3-1/h1-2,5-8,12H,3-4,9,11,13H2. The van der Waals surface area contributed by atoms with Crippen molar-refractivity contribution in [2.45, 2.75) is 32.1 Å². The van der Waals surface area contributed by atoms with Gasteiger partial charge in [-0.1, -0.05) is 42.5 Å². The Balaban J connectivity index is 2.38. The van der Waals surface area contributed by atoms with Crippen molar-refractivity contribution in [3.63, 3.8) is 0 Å². The summed E-state index contributed by atoms with van der Waals surface area (Å²) in [7, 11) is 0. The van der Waals surface area contributed by atoms with Crippen LogP contribution in [0, 0.1) is 6.08 Å². The molecule has 69 valence electrons. The second-order valence-electron chi connectivity index (χ2n) is 3.12. The van der Waals surface area contributed by atoms with Gasteiger partial charge in [-0.25, -0.2) is 0 Å². The predicted molar refractivity (Wildman–Crippen MR) is 58.3 cm³/mol. The smallest absolute Gasteiger partial charge is 0.0166 e. The minimum Gasteiger partial charge on any atom is -0.0882 e. The van der Waals surface area contributed by atoms with Crippen LogP contribution in [0.3, 0.4) is 0 Å². The molecule has 0 heteroatoms. The summed E-state index contributed by atoms with van der Waals surface area (Å²) < 4.78 is 0. The summed E-state index contributed by atoms with van der Waals surface area (Å²) in [5, 5.41) is 0. The Kier molecular flexibility index (Phi) is 5.87. The summed E-state index contributed by atoms with van der Waals surface area (Å²) in [6.07, 6.45) is 24.0. The molecule has 0 heterocycles. The molecule has 0 aliphatic heterocycles. The van der Waals surface area contributed by atoms with Crippen molar-refractivity contribution in [1.82, 2.24) is 0 Å². The summed E-state index contributed by atoms with van der Waals surface area (Å²) in [6.45, 7) is 0. The highest BCUT2D eigenvalue weighted by Crippen LogP contribution is 2.00. The quantitative estimate of drug-likeness (QED) is 0.486. The largest absolute Gasteiger partial charge is 0.0882 e. The highest BCUT2D eigenvalue weighted by molar-refractivity contribution is 5.01. The highest BCUT2D eigenvalue weighted by atomic mass is 13.9. The fourth-order valence-electron chi connectivity index (χ4n) is 1.19. The number of rotatable bonds is 0. The van der Waals surface area contributed by atoms with Crippen LogP contribution >= 0.6 is 0 Å². The second kappa shape index (κ2) is 7.60. The summed E-state index contributed by atoms with van der Waals surface area (Å²) in [6, 6.07) is 0. The van der Waals surface area contributed by atoms with Crippen LogP contribution in [-0.4, -0.2) is 0 Å². The molecule has 1 rings (SSSR count). The minimum atomic E-state index is 1.02. The van der Waals surface area contributed by atoms with E-state index in [2.05, 4.69) is 42.5 Å². The predicted octanol–water partition coefficient (Wildman–Crippen LogP) is 3.98. The summed E-state index contributed by atoms with van der Waals surface area (Å²) in [5.74, 6) is 0. The lowest BCUT2D eigenvalue weighted by atomic mass is 10.2. The van der Waals surface area contributed by atoms with Crippen LogP contribution in [0.5, 0.6) is 0 Å². The van der Waals surface area contributed by atoms with Crippen molar-refractivity contribution in [2.24, 2.45) is 0 Å². The molecule has 0 saturated heterocycles. The molecule has 0 saturated carbocycles. The molecule has 0 amide bonds. The van der Waals surface area contributed by atoms with Crippen LogP contribution in [0.25, 0.3) is 0 Å². The van der Waals surface area contributed by atoms with E-state index in [1.807, 2.05) is 6.08 Å². The van der Waals surface area contributed by atoms with Gasteiger partial charge in [0.2, 0.25) is 0 Å². The molecule has 0 aromatic heterocycles. The zero-order valence-corrected chi connectivity index (χ0v) is 8.08. The fourth-order valence-corrected chi connectivity index (χ4v) is 1.19. The van der Waals surface area contributed by atoms with Crippen LogP contribution < -0.4 is 0 Å². The van der Waals surface area contributed by atoms with E-state index < -0.39 is 0 Å². The van der Waals surface area contributed by atoms with Crippen LogP contribution in [0.1, 0.15) is 32.1 Å². The molecular formula is C13H17. The van der Waals surface area contributed by atoms with E-state index in [0.717, 1.165) is 19.3 Å². The van der Waals surface area contributed by atoms with Gasteiger partial charge in [0, 0.05) is 0 Å². The first-order chi connectivity index (χ1) is 6.50. The van der Waals surface area contributed by atoms with Crippen molar-refractivity contribution in [2.75, 3.05) is 0 Å². The Hall–Kier alpha value is -1.04. The van der Waals surface area contributed by atoms with E-state index in [1.165, 1.54) is 12.8 Å². The number of hydrogen-bond acceptors (Lipinski definition) is 0. The van der Waals surface area contributed by atoms with Gasteiger partial charge in [-0.3, -0.25) is 0 Å². The Morgan fingerprint density at radius 3 is 2.46 bits per heavy atom. The lowest BCUT2D eigenvalue weighted by Crippen LogP contribution is -1.68. The first kappa shape index (κ1) is 10.0. The normalized spacial score (nSPS) is 19.1. The van der Waals surface area contributed by atoms with E-state index in [9.17, 15) is 0 Å². The molecule has 0 bridgehead atoms. The third kappa shape index (κ3) is 6.15. The van der Waals surface area contributed by atoms with Gasteiger partial charge in [0.1, 0.15) is 0 Å². The lowest BCUT2D eigenvalue weighted by molar-refractivity contribution is 0.865. The molecule has 0 nitrogen and oxygen atoms in total. The first-order valence-electron chi connectivity index (χ1n) is 5.03. The molecule has 0 spiro atoms. The molecule has 1 aliphatic rings. The zero-order valence-electron chi connectivity index (χ0n) is 8.08. The number of hydrogen-bond donors (Lipinski definition) is 0. The summed E-state index contributed by atoms with van der Waals surface area (Å²) >= 11 is 0. The van der Waals surface area contributed by atoms with E-state index in [0.29, 0.717) is 0 Å². The van der Waals surface area contributed by atoms with Gasteiger partial charge >= 0.3 is 0 Å². The lowest BCUT2D eigenvalue weighted by Gasteiger charge is -1.88. The summed E-state index contributed by atoms with van der Waals surface area (Å²) in [4.78, 5) is 0. The van der Waals surface area contributed by atoms with Crippen molar-refractivity contribution < 1.29 is 0 Å². The topological polar surface area (TPSA) is 0 Å². The minimum absolute atomic E-state index is 1.02. The zero-order chi connectivity index (χ0) is 9.19. The van der Waals surface area contributed by atoms with Crippen LogP contribution in [0.2, 0.25) is 0 Å². The first-order valence-corrected chi connectivity index (χ1v) is 5.03. The third-order valence-electron chi connectivity index (χ3n) is 1.93. The van der Waals surface area contributed by atoms with Crippen molar-refractivity contribution in [3.8, 4) is 0 Å². The molecule has 1 aliphatic carbocycles. The van der Waals surface area contributed by atoms with Crippen molar-refractivity contribution in [3.05, 3.63) is 48.6 Å². The van der Waals surface area contributed by atoms with Crippen molar-refractivity contribution in [1.29, 1.82) is 0 Å². The molecule has 0 N–H and O–H groups in total. The van der Waals surface area contributed by atoms with E-state index in [-0.39, 0.29) is 0 Å².